The Bertz CT molecular complexity index is 860. The number of aromatic nitrogens is 2. The van der Waals surface area contributed by atoms with Crippen molar-refractivity contribution in [3.8, 4) is 28.3 Å². The lowest BCUT2D eigenvalue weighted by atomic mass is 10.0. The van der Waals surface area contributed by atoms with E-state index >= 15 is 0 Å². The van der Waals surface area contributed by atoms with Gasteiger partial charge in [0.15, 0.2) is 0 Å². The van der Waals surface area contributed by atoms with Gasteiger partial charge in [-0.3, -0.25) is 10.4 Å². The average Bonchev–Trinajstić information content (AvgIpc) is 2.55. The summed E-state index contributed by atoms with van der Waals surface area (Å²) in [6, 6.07) is 11.9. The minimum atomic E-state index is -0.157. The molecular weight excluding hydrogens is 290 g/mol. The van der Waals surface area contributed by atoms with E-state index in [0.717, 1.165) is 5.56 Å². The molecule has 0 aliphatic carbocycles. The van der Waals surface area contributed by atoms with E-state index in [4.69, 9.17) is 16.9 Å². The molecular formula is C17H15N5O. The Labute approximate surface area is 133 Å². The lowest BCUT2D eigenvalue weighted by Crippen LogP contribution is -2.16. The number of phenolic OH excluding ortho intramolecular Hbond substituents is 1. The van der Waals surface area contributed by atoms with Crippen molar-refractivity contribution in [2.75, 3.05) is 5.73 Å². The van der Waals surface area contributed by atoms with Crippen molar-refractivity contribution >= 4 is 11.5 Å². The maximum absolute atomic E-state index is 9.45. The number of nitrogen functional groups attached to an aromatic ring is 2. The topological polar surface area (TPSA) is 122 Å². The number of hydrogen-bond donors (Lipinski definition) is 4. The molecule has 6 heteroatoms. The van der Waals surface area contributed by atoms with Crippen LogP contribution in [0, 0.1) is 5.41 Å². The highest BCUT2D eigenvalue weighted by Crippen LogP contribution is 2.31. The third-order valence-corrected chi connectivity index (χ3v) is 3.42. The number of nitrogens with zero attached hydrogens (tertiary/aromatic N) is 2. The standard InChI is InChI=1S/C17H15N5O/c18-13-8-14(11-2-1-7-21-9-11)22-16(15(13)17(19)20)10-3-5-12(23)6-4-10/h1-9,23H,(H2,18,22)(H3,19,20). The van der Waals surface area contributed by atoms with Crippen LogP contribution < -0.4 is 11.5 Å². The molecule has 3 rings (SSSR count). The van der Waals surface area contributed by atoms with Crippen LogP contribution in [0.25, 0.3) is 22.5 Å². The molecule has 0 aliphatic rings. The Balaban J connectivity index is 2.25. The largest absolute Gasteiger partial charge is 0.508 e. The Morgan fingerprint density at radius 2 is 1.83 bits per heavy atom. The highest BCUT2D eigenvalue weighted by atomic mass is 16.3. The molecule has 0 bridgehead atoms. The van der Waals surface area contributed by atoms with Gasteiger partial charge in [0.2, 0.25) is 0 Å². The molecule has 0 amide bonds. The molecule has 0 fully saturated rings. The lowest BCUT2D eigenvalue weighted by molar-refractivity contribution is 0.475. The van der Waals surface area contributed by atoms with Crippen LogP contribution in [0.5, 0.6) is 5.75 Å². The van der Waals surface area contributed by atoms with Gasteiger partial charge >= 0.3 is 0 Å². The first kappa shape index (κ1) is 14.5. The minimum absolute atomic E-state index is 0.148. The summed E-state index contributed by atoms with van der Waals surface area (Å²) < 4.78 is 0. The summed E-state index contributed by atoms with van der Waals surface area (Å²) >= 11 is 0. The number of aromatic hydroxyl groups is 1. The van der Waals surface area contributed by atoms with Crippen LogP contribution in [-0.4, -0.2) is 20.9 Å². The highest BCUT2D eigenvalue weighted by molar-refractivity contribution is 6.05. The van der Waals surface area contributed by atoms with E-state index < -0.39 is 0 Å². The third-order valence-electron chi connectivity index (χ3n) is 3.42. The van der Waals surface area contributed by atoms with Crippen molar-refractivity contribution in [2.45, 2.75) is 0 Å². The second-order valence-electron chi connectivity index (χ2n) is 5.02. The van der Waals surface area contributed by atoms with E-state index in [1.54, 1.807) is 42.7 Å². The Morgan fingerprint density at radius 3 is 2.43 bits per heavy atom. The molecule has 0 spiro atoms. The maximum atomic E-state index is 9.45. The van der Waals surface area contributed by atoms with Crippen LogP contribution in [0.15, 0.2) is 54.9 Å². The van der Waals surface area contributed by atoms with E-state index in [-0.39, 0.29) is 11.6 Å². The van der Waals surface area contributed by atoms with Crippen molar-refractivity contribution in [1.82, 2.24) is 9.97 Å². The van der Waals surface area contributed by atoms with Gasteiger partial charge in [-0.15, -0.1) is 0 Å². The molecule has 0 aliphatic heterocycles. The zero-order valence-electron chi connectivity index (χ0n) is 12.2. The predicted octanol–water partition coefficient (Wildman–Crippen LogP) is 2.38. The van der Waals surface area contributed by atoms with Gasteiger partial charge in [-0.2, -0.15) is 0 Å². The minimum Gasteiger partial charge on any atom is -0.508 e. The molecule has 2 aromatic heterocycles. The molecule has 0 saturated carbocycles. The van der Waals surface area contributed by atoms with Gasteiger partial charge in [-0.05, 0) is 42.5 Å². The monoisotopic (exact) mass is 305 g/mol. The van der Waals surface area contributed by atoms with Gasteiger partial charge in [0.25, 0.3) is 0 Å². The van der Waals surface area contributed by atoms with E-state index in [1.807, 2.05) is 12.1 Å². The Hall–Kier alpha value is -3.41. The Kier molecular flexibility index (Phi) is 3.64. The van der Waals surface area contributed by atoms with Crippen molar-refractivity contribution in [3.63, 3.8) is 0 Å². The number of rotatable bonds is 3. The number of pyridine rings is 2. The number of phenols is 1. The van der Waals surface area contributed by atoms with Crippen molar-refractivity contribution in [1.29, 1.82) is 5.41 Å². The molecule has 3 aromatic rings. The normalized spacial score (nSPS) is 10.4. The zero-order valence-corrected chi connectivity index (χ0v) is 12.2. The summed E-state index contributed by atoms with van der Waals surface area (Å²) in [7, 11) is 0. The molecule has 2 heterocycles. The first-order valence-corrected chi connectivity index (χ1v) is 6.91. The smallest absolute Gasteiger partial charge is 0.127 e. The van der Waals surface area contributed by atoms with E-state index in [0.29, 0.717) is 28.2 Å². The van der Waals surface area contributed by atoms with Gasteiger partial charge in [0.1, 0.15) is 11.6 Å². The molecule has 6 N–H and O–H groups in total. The molecule has 114 valence electrons. The number of hydrogen-bond acceptors (Lipinski definition) is 5. The van der Waals surface area contributed by atoms with E-state index in [1.165, 1.54) is 0 Å². The van der Waals surface area contributed by atoms with Gasteiger partial charge < -0.3 is 16.6 Å². The first-order valence-electron chi connectivity index (χ1n) is 6.91. The van der Waals surface area contributed by atoms with E-state index in [9.17, 15) is 5.11 Å². The SMILES string of the molecule is N=C(N)c1c(N)cc(-c2cccnc2)nc1-c1ccc(O)cc1. The van der Waals surface area contributed by atoms with Gasteiger partial charge in [-0.25, -0.2) is 4.98 Å². The summed E-state index contributed by atoms with van der Waals surface area (Å²) in [6.07, 6.45) is 3.37. The predicted molar refractivity (Wildman–Crippen MR) is 90.0 cm³/mol. The first-order chi connectivity index (χ1) is 11.1. The van der Waals surface area contributed by atoms with Crippen LogP contribution in [0.3, 0.4) is 0 Å². The molecule has 0 saturated heterocycles. The summed E-state index contributed by atoms with van der Waals surface area (Å²) in [5.74, 6) is -0.00896. The third kappa shape index (κ3) is 2.82. The second-order valence-corrected chi connectivity index (χ2v) is 5.02. The second kappa shape index (κ2) is 5.76. The molecule has 1 aromatic carbocycles. The number of anilines is 1. The fraction of sp³-hybridized carbons (Fsp3) is 0. The van der Waals surface area contributed by atoms with Crippen LogP contribution in [-0.2, 0) is 0 Å². The van der Waals surface area contributed by atoms with Gasteiger partial charge in [-0.1, -0.05) is 0 Å². The van der Waals surface area contributed by atoms with Crippen LogP contribution in [0.2, 0.25) is 0 Å². The highest BCUT2D eigenvalue weighted by Gasteiger charge is 2.16. The van der Waals surface area contributed by atoms with Crippen molar-refractivity contribution < 1.29 is 5.11 Å². The maximum Gasteiger partial charge on any atom is 0.127 e. The summed E-state index contributed by atoms with van der Waals surface area (Å²) in [5.41, 5.74) is 15.2. The van der Waals surface area contributed by atoms with Crippen LogP contribution in [0.1, 0.15) is 5.56 Å². The molecule has 0 radical (unpaired) electrons. The average molecular weight is 305 g/mol. The number of benzene rings is 1. The van der Waals surface area contributed by atoms with Crippen LogP contribution >= 0.6 is 0 Å². The van der Waals surface area contributed by atoms with Gasteiger partial charge in [0.05, 0.1) is 17.0 Å². The molecule has 23 heavy (non-hydrogen) atoms. The summed E-state index contributed by atoms with van der Waals surface area (Å²) in [6.45, 7) is 0. The number of nitrogens with one attached hydrogen (secondary N) is 1. The lowest BCUT2D eigenvalue weighted by Gasteiger charge is -2.13. The summed E-state index contributed by atoms with van der Waals surface area (Å²) in [5, 5.41) is 17.2. The zero-order chi connectivity index (χ0) is 16.4. The van der Waals surface area contributed by atoms with Gasteiger partial charge in [0, 0.05) is 29.2 Å². The van der Waals surface area contributed by atoms with Crippen LogP contribution in [0.4, 0.5) is 5.69 Å². The number of nitrogens with two attached hydrogens (primary N) is 2. The fourth-order valence-electron chi connectivity index (χ4n) is 2.34. The van der Waals surface area contributed by atoms with Crippen molar-refractivity contribution in [2.24, 2.45) is 5.73 Å². The number of amidine groups is 1. The quantitative estimate of drug-likeness (QED) is 0.437. The molecule has 6 nitrogen and oxygen atoms in total. The Morgan fingerprint density at radius 1 is 1.09 bits per heavy atom. The molecule has 0 atom stereocenters. The van der Waals surface area contributed by atoms with E-state index in [2.05, 4.69) is 9.97 Å². The fourth-order valence-corrected chi connectivity index (χ4v) is 2.34. The summed E-state index contributed by atoms with van der Waals surface area (Å²) in [4.78, 5) is 8.68. The van der Waals surface area contributed by atoms with Crippen molar-refractivity contribution in [3.05, 3.63) is 60.4 Å². The molecule has 0 unspecified atom stereocenters.